The van der Waals surface area contributed by atoms with Crippen LogP contribution in [0.15, 0.2) is 17.1 Å². The van der Waals surface area contributed by atoms with Gasteiger partial charge >= 0.3 is 0 Å². The highest BCUT2D eigenvalue weighted by Crippen LogP contribution is 2.43. The van der Waals surface area contributed by atoms with Crippen LogP contribution >= 0.6 is 0 Å². The molecule has 0 aromatic carbocycles. The minimum atomic E-state index is 0.0386. The van der Waals surface area contributed by atoms with Gasteiger partial charge in [-0.1, -0.05) is 6.42 Å². The van der Waals surface area contributed by atoms with Gasteiger partial charge in [0.2, 0.25) is 0 Å². The largest absolute Gasteiger partial charge is 0.379 e. The topological polar surface area (TPSA) is 44.1 Å². The molecule has 3 rings (SSSR count). The lowest BCUT2D eigenvalue weighted by molar-refractivity contribution is 0.0533. The number of fused-ring (bicyclic) bond motifs is 2. The van der Waals surface area contributed by atoms with Gasteiger partial charge in [-0.25, -0.2) is 4.98 Å². The van der Waals surface area contributed by atoms with Crippen LogP contribution in [0.25, 0.3) is 0 Å². The molecule has 1 aromatic heterocycles. The van der Waals surface area contributed by atoms with Crippen molar-refractivity contribution in [3.63, 3.8) is 0 Å². The van der Waals surface area contributed by atoms with Gasteiger partial charge in [0.1, 0.15) is 5.82 Å². The molecule has 4 nitrogen and oxygen atoms in total. The predicted molar refractivity (Wildman–Crippen MR) is 54.8 cm³/mol. The maximum absolute atomic E-state index is 11.7. The molecule has 0 saturated heterocycles. The molecule has 0 N–H and O–H groups in total. The Labute approximate surface area is 87.9 Å². The summed E-state index contributed by atoms with van der Waals surface area (Å²) in [6.07, 6.45) is 5.04. The van der Waals surface area contributed by atoms with Crippen LogP contribution in [0.4, 0.5) is 0 Å². The molecule has 2 heterocycles. The summed E-state index contributed by atoms with van der Waals surface area (Å²) in [5, 5.41) is 0. The van der Waals surface area contributed by atoms with Crippen LogP contribution in [-0.4, -0.2) is 22.8 Å². The molecule has 0 unspecified atom stereocenters. The highest BCUT2D eigenvalue weighted by atomic mass is 16.5. The summed E-state index contributed by atoms with van der Waals surface area (Å²) in [5.41, 5.74) is 0.0912. The molecular formula is C11H14N2O2. The zero-order valence-corrected chi connectivity index (χ0v) is 8.61. The van der Waals surface area contributed by atoms with E-state index in [0.29, 0.717) is 13.2 Å². The second-order valence-electron chi connectivity index (χ2n) is 4.44. The fourth-order valence-corrected chi connectivity index (χ4v) is 2.53. The Bertz CT molecular complexity index is 434. The van der Waals surface area contributed by atoms with Gasteiger partial charge in [0.05, 0.1) is 25.2 Å². The third-order valence-electron chi connectivity index (χ3n) is 3.56. The van der Waals surface area contributed by atoms with E-state index in [2.05, 4.69) is 4.98 Å². The third kappa shape index (κ3) is 1.24. The number of hydrogen-bond donors (Lipinski definition) is 0. The molecule has 15 heavy (non-hydrogen) atoms. The quantitative estimate of drug-likeness (QED) is 0.627. The van der Waals surface area contributed by atoms with Crippen LogP contribution in [0.2, 0.25) is 0 Å². The smallest absolute Gasteiger partial charge is 0.253 e. The molecule has 0 bridgehead atoms. The molecule has 0 radical (unpaired) electrons. The molecule has 0 amide bonds. The summed E-state index contributed by atoms with van der Waals surface area (Å²) in [5.74, 6) is 0.943. The Morgan fingerprint density at radius 3 is 3.07 bits per heavy atom. The van der Waals surface area contributed by atoms with Crippen LogP contribution in [0.3, 0.4) is 0 Å². The zero-order chi connectivity index (χ0) is 10.3. The SMILES string of the molecule is O=c1ccnc2n1CCOCC21CCC1. The lowest BCUT2D eigenvalue weighted by Gasteiger charge is -2.40. The molecule has 1 fully saturated rings. The van der Waals surface area contributed by atoms with Gasteiger partial charge in [-0.15, -0.1) is 0 Å². The highest BCUT2D eigenvalue weighted by Gasteiger charge is 2.43. The van der Waals surface area contributed by atoms with E-state index in [1.54, 1.807) is 10.8 Å². The minimum absolute atomic E-state index is 0.0386. The van der Waals surface area contributed by atoms with Gasteiger partial charge in [-0.2, -0.15) is 0 Å². The van der Waals surface area contributed by atoms with Crippen molar-refractivity contribution in [1.82, 2.24) is 9.55 Å². The standard InChI is InChI=1S/C11H14N2O2/c14-9-2-5-12-10-11(3-1-4-11)8-15-7-6-13(9)10/h2,5H,1,3-4,6-8H2. The van der Waals surface area contributed by atoms with E-state index in [1.165, 1.54) is 12.5 Å². The summed E-state index contributed by atoms with van der Waals surface area (Å²) in [6, 6.07) is 1.53. The normalized spacial score (nSPS) is 22.9. The number of ether oxygens (including phenoxy) is 1. The number of rotatable bonds is 0. The van der Waals surface area contributed by atoms with Gasteiger partial charge in [-0.3, -0.25) is 9.36 Å². The van der Waals surface area contributed by atoms with Crippen molar-refractivity contribution in [2.75, 3.05) is 13.2 Å². The molecule has 1 aliphatic heterocycles. The Morgan fingerprint density at radius 1 is 1.47 bits per heavy atom. The molecule has 80 valence electrons. The van der Waals surface area contributed by atoms with Crippen molar-refractivity contribution in [2.24, 2.45) is 0 Å². The van der Waals surface area contributed by atoms with Crippen molar-refractivity contribution < 1.29 is 4.74 Å². The molecular weight excluding hydrogens is 192 g/mol. The van der Waals surface area contributed by atoms with E-state index in [0.717, 1.165) is 25.3 Å². The van der Waals surface area contributed by atoms with Crippen LogP contribution in [0.5, 0.6) is 0 Å². The molecule has 1 saturated carbocycles. The molecule has 4 heteroatoms. The zero-order valence-electron chi connectivity index (χ0n) is 8.61. The molecule has 0 atom stereocenters. The fourth-order valence-electron chi connectivity index (χ4n) is 2.53. The lowest BCUT2D eigenvalue weighted by Crippen LogP contribution is -2.42. The molecule has 2 aliphatic rings. The van der Waals surface area contributed by atoms with Crippen LogP contribution in [0, 0.1) is 0 Å². The summed E-state index contributed by atoms with van der Waals surface area (Å²) >= 11 is 0. The van der Waals surface area contributed by atoms with Gasteiger partial charge in [0, 0.05) is 12.3 Å². The first-order valence-corrected chi connectivity index (χ1v) is 5.46. The maximum Gasteiger partial charge on any atom is 0.253 e. The van der Waals surface area contributed by atoms with E-state index < -0.39 is 0 Å². The summed E-state index contributed by atoms with van der Waals surface area (Å²) < 4.78 is 7.37. The Hall–Kier alpha value is -1.16. The van der Waals surface area contributed by atoms with Crippen molar-refractivity contribution in [3.05, 3.63) is 28.4 Å². The van der Waals surface area contributed by atoms with E-state index in [4.69, 9.17) is 4.74 Å². The maximum atomic E-state index is 11.7. The second kappa shape index (κ2) is 3.17. The predicted octanol–water partition coefficient (Wildman–Crippen LogP) is 0.695. The van der Waals surface area contributed by atoms with Gasteiger partial charge in [0.25, 0.3) is 5.56 Å². The minimum Gasteiger partial charge on any atom is -0.379 e. The monoisotopic (exact) mass is 206 g/mol. The number of hydrogen-bond acceptors (Lipinski definition) is 3. The van der Waals surface area contributed by atoms with Gasteiger partial charge in [0.15, 0.2) is 0 Å². The van der Waals surface area contributed by atoms with E-state index in [1.807, 2.05) is 0 Å². The first kappa shape index (κ1) is 9.09. The first-order chi connectivity index (χ1) is 7.32. The Kier molecular flexibility index (Phi) is 1.92. The summed E-state index contributed by atoms with van der Waals surface area (Å²) in [7, 11) is 0. The van der Waals surface area contributed by atoms with Gasteiger partial charge < -0.3 is 4.74 Å². The van der Waals surface area contributed by atoms with E-state index in [9.17, 15) is 4.79 Å². The fraction of sp³-hybridized carbons (Fsp3) is 0.636. The second-order valence-corrected chi connectivity index (χ2v) is 4.44. The Balaban J connectivity index is 2.17. The summed E-state index contributed by atoms with van der Waals surface area (Å²) in [6.45, 7) is 1.99. The van der Waals surface area contributed by atoms with Crippen LogP contribution in [0.1, 0.15) is 25.1 Å². The van der Waals surface area contributed by atoms with Crippen molar-refractivity contribution in [2.45, 2.75) is 31.2 Å². The molecule has 1 spiro atoms. The van der Waals surface area contributed by atoms with Gasteiger partial charge in [-0.05, 0) is 12.8 Å². The highest BCUT2D eigenvalue weighted by molar-refractivity contribution is 5.15. The first-order valence-electron chi connectivity index (χ1n) is 5.46. The van der Waals surface area contributed by atoms with Crippen molar-refractivity contribution >= 4 is 0 Å². The lowest BCUT2D eigenvalue weighted by atomic mass is 9.68. The number of nitrogens with zero attached hydrogens (tertiary/aromatic N) is 2. The summed E-state index contributed by atoms with van der Waals surface area (Å²) in [4.78, 5) is 16.1. The third-order valence-corrected chi connectivity index (χ3v) is 3.56. The Morgan fingerprint density at radius 2 is 2.33 bits per heavy atom. The number of aromatic nitrogens is 2. The molecule has 1 aliphatic carbocycles. The van der Waals surface area contributed by atoms with Crippen LogP contribution in [-0.2, 0) is 16.7 Å². The van der Waals surface area contributed by atoms with Crippen molar-refractivity contribution in [3.8, 4) is 0 Å². The molecule has 1 aromatic rings. The van der Waals surface area contributed by atoms with Crippen molar-refractivity contribution in [1.29, 1.82) is 0 Å². The average Bonchev–Trinajstić information content (AvgIpc) is 2.37. The van der Waals surface area contributed by atoms with E-state index in [-0.39, 0.29) is 11.0 Å². The average molecular weight is 206 g/mol. The van der Waals surface area contributed by atoms with Crippen LogP contribution < -0.4 is 5.56 Å². The van der Waals surface area contributed by atoms with E-state index >= 15 is 0 Å².